The number of hydrogen-bond donors (Lipinski definition) is 11. The number of amides is 8. The van der Waals surface area contributed by atoms with E-state index in [-0.39, 0.29) is 18.5 Å². The summed E-state index contributed by atoms with van der Waals surface area (Å²) in [5, 5.41) is 57.4. The molecular formula is C15H32ClN7O11. The quantitative estimate of drug-likeness (QED) is 0.0855. The molecule has 0 unspecified atom stereocenters. The van der Waals surface area contributed by atoms with Crippen molar-refractivity contribution in [1.82, 2.24) is 31.1 Å². The first kappa shape index (κ1) is 35.6. The van der Waals surface area contributed by atoms with Crippen LogP contribution in [0.3, 0.4) is 0 Å². The molecule has 1 fully saturated rings. The van der Waals surface area contributed by atoms with Gasteiger partial charge in [0.25, 0.3) is 5.91 Å². The van der Waals surface area contributed by atoms with Crippen molar-refractivity contribution in [2.24, 2.45) is 5.73 Å². The number of imide groups is 1. The minimum absolute atomic E-state index is 0.0967. The highest BCUT2D eigenvalue weighted by Gasteiger charge is 2.50. The van der Waals surface area contributed by atoms with E-state index in [4.69, 9.17) is 42.2 Å². The Bertz CT molecular complexity index is 632. The first-order valence-electron chi connectivity index (χ1n) is 9.02. The van der Waals surface area contributed by atoms with Crippen LogP contribution in [0, 0.1) is 0 Å². The van der Waals surface area contributed by atoms with Crippen LogP contribution in [-0.4, -0.2) is 122 Å². The highest BCUT2D eigenvalue weighted by Crippen LogP contribution is 2.25. The number of nitrogens with one attached hydrogen (secondary N) is 4. The molecule has 34 heavy (non-hydrogen) atoms. The van der Waals surface area contributed by atoms with E-state index in [0.29, 0.717) is 4.90 Å². The second-order valence-corrected chi connectivity index (χ2v) is 6.14. The molecule has 0 aromatic carbocycles. The lowest BCUT2D eigenvalue weighted by atomic mass is 10.1. The van der Waals surface area contributed by atoms with Gasteiger partial charge in [-0.1, -0.05) is 0 Å². The zero-order valence-electron chi connectivity index (χ0n) is 18.5. The van der Waals surface area contributed by atoms with Gasteiger partial charge in [0.1, 0.15) is 51.8 Å². The fourth-order valence-electron chi connectivity index (χ4n) is 1.70. The van der Waals surface area contributed by atoms with Crippen LogP contribution >= 0.6 is 11.6 Å². The first-order valence-corrected chi connectivity index (χ1v) is 9.55. The van der Waals surface area contributed by atoms with Crippen LogP contribution in [0.1, 0.15) is 13.8 Å². The SMILES string of the molecule is CC1(C)C(=O)N(CO)C(=O)N1CO.NC(=O)NCO.O=C(CCl)NCO.O=C(NCO)NCO. The molecule has 1 aliphatic rings. The van der Waals surface area contributed by atoms with Crippen LogP contribution in [-0.2, 0) is 9.59 Å². The summed E-state index contributed by atoms with van der Waals surface area (Å²) in [6, 6.07) is -1.97. The Morgan fingerprint density at radius 1 is 0.853 bits per heavy atom. The molecule has 18 nitrogen and oxygen atoms in total. The van der Waals surface area contributed by atoms with Crippen molar-refractivity contribution >= 4 is 41.5 Å². The van der Waals surface area contributed by atoms with Crippen LogP contribution in [0.4, 0.5) is 14.4 Å². The van der Waals surface area contributed by atoms with E-state index < -0.39 is 63.2 Å². The second-order valence-electron chi connectivity index (χ2n) is 5.88. The summed E-state index contributed by atoms with van der Waals surface area (Å²) < 4.78 is 0. The molecule has 0 aliphatic carbocycles. The van der Waals surface area contributed by atoms with Crippen LogP contribution < -0.4 is 27.0 Å². The molecule has 0 bridgehead atoms. The number of halogens is 1. The highest BCUT2D eigenvalue weighted by molar-refractivity contribution is 6.27. The molecule has 0 aromatic heterocycles. The van der Waals surface area contributed by atoms with Crippen molar-refractivity contribution in [1.29, 1.82) is 0 Å². The molecule has 0 radical (unpaired) electrons. The molecular weight excluding hydrogens is 490 g/mol. The maximum absolute atomic E-state index is 11.4. The van der Waals surface area contributed by atoms with Gasteiger partial charge in [-0.3, -0.25) is 14.5 Å². The van der Waals surface area contributed by atoms with Crippen molar-refractivity contribution in [3.63, 3.8) is 0 Å². The number of aliphatic hydroxyl groups is 6. The van der Waals surface area contributed by atoms with Crippen molar-refractivity contribution in [2.75, 3.05) is 46.3 Å². The number of alkyl halides is 1. The Balaban J connectivity index is -0.000000400. The average molecular weight is 522 g/mol. The number of nitrogens with two attached hydrogens (primary N) is 1. The predicted octanol–water partition coefficient (Wildman–Crippen LogP) is -4.99. The number of carbonyl (C=O) groups excluding carboxylic acids is 5. The Morgan fingerprint density at radius 3 is 1.47 bits per heavy atom. The molecule has 200 valence electrons. The van der Waals surface area contributed by atoms with Crippen molar-refractivity contribution in [3.05, 3.63) is 0 Å². The topological polar surface area (TPSA) is 287 Å². The minimum Gasteiger partial charge on any atom is -0.377 e. The molecule has 1 rings (SSSR count). The van der Waals surface area contributed by atoms with Gasteiger partial charge >= 0.3 is 18.1 Å². The Hall–Kier alpha value is -3.00. The van der Waals surface area contributed by atoms with E-state index in [9.17, 15) is 24.0 Å². The van der Waals surface area contributed by atoms with Crippen molar-refractivity contribution in [2.45, 2.75) is 19.4 Å². The molecule has 0 saturated carbocycles. The zero-order valence-corrected chi connectivity index (χ0v) is 19.3. The average Bonchev–Trinajstić information content (AvgIpc) is 2.92. The van der Waals surface area contributed by atoms with E-state index in [2.05, 4.69) is 11.1 Å². The van der Waals surface area contributed by atoms with Crippen molar-refractivity contribution in [3.8, 4) is 0 Å². The highest BCUT2D eigenvalue weighted by atomic mass is 35.5. The number of carbonyl (C=O) groups is 5. The van der Waals surface area contributed by atoms with Crippen LogP contribution in [0.2, 0.25) is 0 Å². The summed E-state index contributed by atoms with van der Waals surface area (Å²) >= 11 is 5.01. The number of hydrogen-bond acceptors (Lipinski definition) is 11. The molecule has 1 heterocycles. The van der Waals surface area contributed by atoms with Gasteiger partial charge in [-0.15, -0.1) is 11.6 Å². The normalized spacial score (nSPS) is 13.2. The summed E-state index contributed by atoms with van der Waals surface area (Å²) in [5.74, 6) is -0.959. The third-order valence-electron chi connectivity index (χ3n) is 3.32. The Labute approximate surface area is 199 Å². The van der Waals surface area contributed by atoms with Crippen LogP contribution in [0.25, 0.3) is 0 Å². The minimum atomic E-state index is -1.07. The van der Waals surface area contributed by atoms with Crippen LogP contribution in [0.15, 0.2) is 0 Å². The molecule has 0 atom stereocenters. The van der Waals surface area contributed by atoms with Gasteiger partial charge in [0.05, 0.1) is 0 Å². The van der Waals surface area contributed by atoms with Gasteiger partial charge in [-0.05, 0) is 13.8 Å². The van der Waals surface area contributed by atoms with E-state index in [0.717, 1.165) is 4.90 Å². The summed E-state index contributed by atoms with van der Waals surface area (Å²) in [6.07, 6.45) is 0. The van der Waals surface area contributed by atoms with E-state index >= 15 is 0 Å². The maximum Gasteiger partial charge on any atom is 0.331 e. The van der Waals surface area contributed by atoms with E-state index in [1.165, 1.54) is 13.8 Å². The second kappa shape index (κ2) is 20.6. The summed E-state index contributed by atoms with van der Waals surface area (Å²) in [6.45, 7) is 0.252. The maximum atomic E-state index is 11.4. The number of aliphatic hydroxyl groups excluding tert-OH is 6. The lowest BCUT2D eigenvalue weighted by Crippen LogP contribution is -2.44. The molecule has 12 N–H and O–H groups in total. The summed E-state index contributed by atoms with van der Waals surface area (Å²) in [7, 11) is 0. The Morgan fingerprint density at radius 2 is 1.29 bits per heavy atom. The molecule has 1 saturated heterocycles. The number of nitrogens with zero attached hydrogens (tertiary/aromatic N) is 2. The van der Waals surface area contributed by atoms with Gasteiger partial charge in [0.15, 0.2) is 0 Å². The number of primary amides is 1. The monoisotopic (exact) mass is 521 g/mol. The largest absolute Gasteiger partial charge is 0.377 e. The van der Waals surface area contributed by atoms with E-state index in [1.807, 2.05) is 16.0 Å². The van der Waals surface area contributed by atoms with Gasteiger partial charge in [0, 0.05) is 0 Å². The van der Waals surface area contributed by atoms with Gasteiger partial charge < -0.3 is 57.6 Å². The fourth-order valence-corrected chi connectivity index (χ4v) is 1.79. The first-order chi connectivity index (χ1) is 15.8. The number of rotatable bonds is 7. The molecule has 8 amide bonds. The molecule has 1 aliphatic heterocycles. The lowest BCUT2D eigenvalue weighted by molar-refractivity contribution is -0.134. The zero-order chi connectivity index (χ0) is 27.3. The smallest absolute Gasteiger partial charge is 0.331 e. The standard InChI is InChI=1S/C7H12N2O4.C3H6ClNO2.C3H8N2O3.C2H6N2O2/c1-7(2)5(12)8(3-10)6(13)9(7)4-11;4-1-3(7)5-2-6;6-1-4-3(8)5-2-7;3-2(6)4-1-5/h10-11H,3-4H2,1-2H3;6H,1-2H2,(H,5,7);6-7H,1-2H2,(H2,4,5,8);5H,1H2,(H3,3,4,6). The fraction of sp³-hybridized carbons (Fsp3) is 0.667. The van der Waals surface area contributed by atoms with Crippen LogP contribution in [0.5, 0.6) is 0 Å². The van der Waals surface area contributed by atoms with Gasteiger partial charge in [-0.25, -0.2) is 19.3 Å². The van der Waals surface area contributed by atoms with Gasteiger partial charge in [0.2, 0.25) is 5.91 Å². The summed E-state index contributed by atoms with van der Waals surface area (Å²) in [4.78, 5) is 54.1. The third-order valence-corrected chi connectivity index (χ3v) is 3.56. The Kier molecular flexibility index (Phi) is 21.6. The van der Waals surface area contributed by atoms with Gasteiger partial charge in [-0.2, -0.15) is 0 Å². The predicted molar refractivity (Wildman–Crippen MR) is 114 cm³/mol. The number of urea groups is 3. The molecule has 19 heteroatoms. The molecule has 0 spiro atoms. The van der Waals surface area contributed by atoms with Crippen molar-refractivity contribution < 1.29 is 54.6 Å². The van der Waals surface area contributed by atoms with E-state index in [1.54, 1.807) is 0 Å². The molecule has 0 aromatic rings. The lowest BCUT2D eigenvalue weighted by Gasteiger charge is -2.24. The summed E-state index contributed by atoms with van der Waals surface area (Å²) in [5.41, 5.74) is 3.42. The third kappa shape index (κ3) is 14.9.